The standard InChI is InChI=1S/C32H31F3N8O2/c1-20-4-5-23(16-27(20)45-31-26-18-37-42(3)29(26)39-28(40-31)22-6-8-36-9-7-22)30(44)38-25-15-21(14-24(17-25)32(33,34)35)19-43-12-10-41(2)11-13-43/h4-9,14-18H,10-13,19H2,1-3H3,(H,38,44). The molecule has 6 rings (SSSR count). The highest BCUT2D eigenvalue weighted by molar-refractivity contribution is 6.04. The number of benzene rings is 2. The van der Waals surface area contributed by atoms with Crippen molar-refractivity contribution in [2.24, 2.45) is 7.05 Å². The number of alkyl halides is 3. The molecule has 4 heterocycles. The first-order valence-electron chi connectivity index (χ1n) is 14.4. The van der Waals surface area contributed by atoms with E-state index in [-0.39, 0.29) is 17.1 Å². The summed E-state index contributed by atoms with van der Waals surface area (Å²) in [5.74, 6) is 0.433. The highest BCUT2D eigenvalue weighted by Gasteiger charge is 2.32. The smallest absolute Gasteiger partial charge is 0.416 e. The number of carbonyl (C=O) groups excluding carboxylic acids is 1. The number of aryl methyl sites for hydroxylation is 2. The molecule has 0 saturated carbocycles. The number of carbonyl (C=O) groups is 1. The summed E-state index contributed by atoms with van der Waals surface area (Å²) in [4.78, 5) is 31.0. The lowest BCUT2D eigenvalue weighted by Crippen LogP contribution is -2.43. The van der Waals surface area contributed by atoms with E-state index in [4.69, 9.17) is 4.74 Å². The number of fused-ring (bicyclic) bond motifs is 1. The summed E-state index contributed by atoms with van der Waals surface area (Å²) < 4.78 is 49.3. The zero-order chi connectivity index (χ0) is 31.7. The van der Waals surface area contributed by atoms with Gasteiger partial charge in [-0.3, -0.25) is 19.4 Å². The highest BCUT2D eigenvalue weighted by Crippen LogP contribution is 2.34. The second-order valence-electron chi connectivity index (χ2n) is 11.1. The molecule has 1 N–H and O–H groups in total. The second-order valence-corrected chi connectivity index (χ2v) is 11.1. The Balaban J connectivity index is 1.27. The van der Waals surface area contributed by atoms with Gasteiger partial charge in [0.15, 0.2) is 11.5 Å². The van der Waals surface area contributed by atoms with Crippen molar-refractivity contribution in [3.8, 4) is 23.0 Å². The molecular weight excluding hydrogens is 585 g/mol. The van der Waals surface area contributed by atoms with Crippen LogP contribution < -0.4 is 10.1 Å². The predicted molar refractivity (Wildman–Crippen MR) is 163 cm³/mol. The molecule has 0 spiro atoms. The SMILES string of the molecule is Cc1ccc(C(=O)Nc2cc(CN3CCN(C)CC3)cc(C(F)(F)F)c2)cc1Oc1nc(-c2ccncc2)nc2c1cnn2C. The molecule has 1 aliphatic heterocycles. The molecule has 0 bridgehead atoms. The Bertz CT molecular complexity index is 1850. The van der Waals surface area contributed by atoms with Crippen molar-refractivity contribution >= 4 is 22.6 Å². The number of nitrogens with zero attached hydrogens (tertiary/aromatic N) is 7. The molecule has 0 radical (unpaired) electrons. The fraction of sp³-hybridized carbons (Fsp3) is 0.281. The summed E-state index contributed by atoms with van der Waals surface area (Å²) in [5.41, 5.74) is 1.95. The Hall–Kier alpha value is -4.88. The topological polar surface area (TPSA) is 101 Å². The summed E-state index contributed by atoms with van der Waals surface area (Å²) >= 11 is 0. The molecule has 5 aromatic rings. The number of aromatic nitrogens is 5. The van der Waals surface area contributed by atoms with Crippen LogP contribution in [0.4, 0.5) is 18.9 Å². The van der Waals surface area contributed by atoms with Crippen molar-refractivity contribution in [1.82, 2.24) is 34.5 Å². The van der Waals surface area contributed by atoms with Crippen LogP contribution in [-0.4, -0.2) is 73.7 Å². The largest absolute Gasteiger partial charge is 0.438 e. The molecule has 2 aromatic carbocycles. The Labute approximate surface area is 257 Å². The number of anilines is 1. The summed E-state index contributed by atoms with van der Waals surface area (Å²) in [6.45, 7) is 5.36. The second kappa shape index (κ2) is 12.3. The van der Waals surface area contributed by atoms with Gasteiger partial charge in [-0.15, -0.1) is 0 Å². The molecule has 232 valence electrons. The third-order valence-corrected chi connectivity index (χ3v) is 7.73. The van der Waals surface area contributed by atoms with Crippen LogP contribution in [0.5, 0.6) is 11.6 Å². The van der Waals surface area contributed by atoms with Crippen LogP contribution in [0.2, 0.25) is 0 Å². The number of nitrogens with one attached hydrogen (secondary N) is 1. The maximum atomic E-state index is 13.8. The van der Waals surface area contributed by atoms with Crippen LogP contribution in [0.15, 0.2) is 67.1 Å². The predicted octanol–water partition coefficient (Wildman–Crippen LogP) is 5.54. The molecule has 0 aliphatic carbocycles. The van der Waals surface area contributed by atoms with Gasteiger partial charge in [0, 0.05) is 69.0 Å². The fourth-order valence-corrected chi connectivity index (χ4v) is 5.15. The number of halogens is 3. The Morgan fingerprint density at radius 1 is 0.978 bits per heavy atom. The van der Waals surface area contributed by atoms with Crippen LogP contribution in [-0.2, 0) is 19.8 Å². The minimum Gasteiger partial charge on any atom is -0.438 e. The van der Waals surface area contributed by atoms with Crippen LogP contribution in [0.1, 0.15) is 27.0 Å². The van der Waals surface area contributed by atoms with E-state index < -0.39 is 17.6 Å². The normalized spacial score (nSPS) is 14.5. The number of piperazine rings is 1. The van der Waals surface area contributed by atoms with Gasteiger partial charge in [0.1, 0.15) is 11.1 Å². The van der Waals surface area contributed by atoms with Crippen LogP contribution in [0.3, 0.4) is 0 Å². The first-order valence-corrected chi connectivity index (χ1v) is 14.4. The average Bonchev–Trinajstić information content (AvgIpc) is 3.40. The summed E-state index contributed by atoms with van der Waals surface area (Å²) in [6.07, 6.45) is 0.310. The van der Waals surface area contributed by atoms with E-state index in [1.54, 1.807) is 66.7 Å². The van der Waals surface area contributed by atoms with Crippen molar-refractivity contribution in [3.63, 3.8) is 0 Å². The number of ether oxygens (including phenoxy) is 1. The molecule has 1 amide bonds. The quantitative estimate of drug-likeness (QED) is 0.254. The number of hydrogen-bond acceptors (Lipinski definition) is 8. The summed E-state index contributed by atoms with van der Waals surface area (Å²) in [7, 11) is 3.78. The number of amides is 1. The van der Waals surface area contributed by atoms with Crippen molar-refractivity contribution in [1.29, 1.82) is 0 Å². The third-order valence-electron chi connectivity index (χ3n) is 7.73. The number of pyridine rings is 1. The first kappa shape index (κ1) is 30.2. The van der Waals surface area contributed by atoms with Gasteiger partial charge in [-0.1, -0.05) is 6.07 Å². The van der Waals surface area contributed by atoms with Gasteiger partial charge >= 0.3 is 6.18 Å². The zero-order valence-electron chi connectivity index (χ0n) is 25.0. The van der Waals surface area contributed by atoms with Gasteiger partial charge in [0.25, 0.3) is 5.91 Å². The third kappa shape index (κ3) is 6.79. The molecule has 10 nitrogen and oxygen atoms in total. The Kier molecular flexibility index (Phi) is 8.21. The molecule has 13 heteroatoms. The van der Waals surface area contributed by atoms with E-state index in [0.717, 1.165) is 49.4 Å². The lowest BCUT2D eigenvalue weighted by Gasteiger charge is -2.32. The summed E-state index contributed by atoms with van der Waals surface area (Å²) in [6, 6.07) is 12.1. The fourth-order valence-electron chi connectivity index (χ4n) is 5.15. The molecule has 45 heavy (non-hydrogen) atoms. The molecule has 0 atom stereocenters. The van der Waals surface area contributed by atoms with Gasteiger partial charge in [-0.2, -0.15) is 23.3 Å². The molecule has 1 saturated heterocycles. The van der Waals surface area contributed by atoms with Crippen LogP contribution >= 0.6 is 0 Å². The summed E-state index contributed by atoms with van der Waals surface area (Å²) in [5, 5.41) is 7.53. The van der Waals surface area contributed by atoms with Crippen molar-refractivity contribution in [3.05, 3.63) is 89.4 Å². The number of hydrogen-bond donors (Lipinski definition) is 1. The number of rotatable bonds is 7. The minimum atomic E-state index is -4.56. The minimum absolute atomic E-state index is 0.0665. The average molecular weight is 617 g/mol. The van der Waals surface area contributed by atoms with Gasteiger partial charge in [0.2, 0.25) is 5.88 Å². The van der Waals surface area contributed by atoms with Crippen LogP contribution in [0, 0.1) is 6.92 Å². The monoisotopic (exact) mass is 616 g/mol. The van der Waals surface area contributed by atoms with Gasteiger partial charge < -0.3 is 15.0 Å². The van der Waals surface area contributed by atoms with E-state index in [0.29, 0.717) is 34.7 Å². The van der Waals surface area contributed by atoms with E-state index in [1.165, 1.54) is 0 Å². The van der Waals surface area contributed by atoms with E-state index in [9.17, 15) is 18.0 Å². The van der Waals surface area contributed by atoms with Crippen LogP contribution in [0.25, 0.3) is 22.4 Å². The van der Waals surface area contributed by atoms with Crippen molar-refractivity contribution in [2.45, 2.75) is 19.6 Å². The van der Waals surface area contributed by atoms with E-state index >= 15 is 0 Å². The number of likely N-dealkylation sites (N-methyl/N-ethyl adjacent to an activating group) is 1. The molecule has 3 aromatic heterocycles. The molecular formula is C32H31F3N8O2. The zero-order valence-corrected chi connectivity index (χ0v) is 25.0. The van der Waals surface area contributed by atoms with Gasteiger partial charge in [-0.05, 0) is 67.6 Å². The molecule has 1 aliphatic rings. The van der Waals surface area contributed by atoms with Gasteiger partial charge in [-0.25, -0.2) is 4.98 Å². The maximum Gasteiger partial charge on any atom is 0.416 e. The highest BCUT2D eigenvalue weighted by atomic mass is 19.4. The van der Waals surface area contributed by atoms with E-state index in [2.05, 4.69) is 35.2 Å². The first-order chi connectivity index (χ1) is 21.5. The lowest BCUT2D eigenvalue weighted by molar-refractivity contribution is -0.137. The van der Waals surface area contributed by atoms with E-state index in [1.807, 2.05) is 14.0 Å². The lowest BCUT2D eigenvalue weighted by atomic mass is 10.1. The van der Waals surface area contributed by atoms with Crippen molar-refractivity contribution < 1.29 is 22.7 Å². The molecule has 0 unspecified atom stereocenters. The maximum absolute atomic E-state index is 13.8. The van der Waals surface area contributed by atoms with Crippen molar-refractivity contribution in [2.75, 3.05) is 38.5 Å². The Morgan fingerprint density at radius 3 is 2.47 bits per heavy atom. The Morgan fingerprint density at radius 2 is 1.73 bits per heavy atom. The van der Waals surface area contributed by atoms with Gasteiger partial charge in [0.05, 0.1) is 11.8 Å². The molecule has 1 fully saturated rings.